The third-order valence-corrected chi connectivity index (χ3v) is 2.57. The first-order valence-corrected chi connectivity index (χ1v) is 5.85. The van der Waals surface area contributed by atoms with Crippen molar-refractivity contribution in [3.05, 3.63) is 29.3 Å². The standard InChI is InChI=1S/C13H16N4S/c1-4-8-15-13(18)17-12(14)16-11-9(2)6-5-7-10(11)3/h1,5-7H,8H2,2-3H3,(H4,14,15,16,17,18). The highest BCUT2D eigenvalue weighted by Crippen LogP contribution is 2.18. The zero-order valence-electron chi connectivity index (χ0n) is 10.4. The number of benzene rings is 1. The van der Waals surface area contributed by atoms with E-state index in [9.17, 15) is 0 Å². The summed E-state index contributed by atoms with van der Waals surface area (Å²) >= 11 is 4.98. The predicted molar refractivity (Wildman–Crippen MR) is 79.8 cm³/mol. The van der Waals surface area contributed by atoms with Crippen LogP contribution in [0.15, 0.2) is 18.2 Å². The van der Waals surface area contributed by atoms with Gasteiger partial charge in [0.2, 0.25) is 0 Å². The van der Waals surface area contributed by atoms with Crippen LogP contribution in [0.3, 0.4) is 0 Å². The summed E-state index contributed by atoms with van der Waals surface area (Å²) in [7, 11) is 0. The largest absolute Gasteiger partial charge is 0.351 e. The van der Waals surface area contributed by atoms with E-state index < -0.39 is 0 Å². The van der Waals surface area contributed by atoms with E-state index in [1.165, 1.54) is 0 Å². The van der Waals surface area contributed by atoms with E-state index in [4.69, 9.17) is 24.1 Å². The van der Waals surface area contributed by atoms with Crippen molar-refractivity contribution in [2.75, 3.05) is 11.9 Å². The van der Waals surface area contributed by atoms with Crippen LogP contribution < -0.4 is 16.0 Å². The molecular weight excluding hydrogens is 244 g/mol. The van der Waals surface area contributed by atoms with Gasteiger partial charge in [0.05, 0.1) is 6.54 Å². The summed E-state index contributed by atoms with van der Waals surface area (Å²) in [4.78, 5) is 0. The van der Waals surface area contributed by atoms with Gasteiger partial charge in [-0.15, -0.1) is 6.42 Å². The van der Waals surface area contributed by atoms with Crippen molar-refractivity contribution >= 4 is 29.0 Å². The number of thiocarbonyl (C=S) groups is 1. The molecule has 0 saturated heterocycles. The zero-order chi connectivity index (χ0) is 13.5. The van der Waals surface area contributed by atoms with Gasteiger partial charge in [0.15, 0.2) is 11.1 Å². The molecule has 0 saturated carbocycles. The molecule has 1 rings (SSSR count). The molecule has 0 atom stereocenters. The minimum atomic E-state index is 0.113. The Labute approximate surface area is 113 Å². The Morgan fingerprint density at radius 1 is 1.39 bits per heavy atom. The van der Waals surface area contributed by atoms with Crippen molar-refractivity contribution in [3.8, 4) is 12.3 Å². The number of anilines is 1. The maximum Gasteiger partial charge on any atom is 0.199 e. The third kappa shape index (κ3) is 4.07. The van der Waals surface area contributed by atoms with E-state index in [1.807, 2.05) is 32.0 Å². The van der Waals surface area contributed by atoms with Crippen molar-refractivity contribution in [1.29, 1.82) is 5.41 Å². The summed E-state index contributed by atoms with van der Waals surface area (Å²) in [5, 5.41) is 16.6. The van der Waals surface area contributed by atoms with E-state index in [0.717, 1.165) is 16.8 Å². The quantitative estimate of drug-likeness (QED) is 0.283. The Hall–Kier alpha value is -2.06. The molecule has 0 aliphatic carbocycles. The summed E-state index contributed by atoms with van der Waals surface area (Å²) in [5.74, 6) is 2.52. The minimum Gasteiger partial charge on any atom is -0.351 e. The lowest BCUT2D eigenvalue weighted by molar-refractivity contribution is 1.04. The number of nitrogens with one attached hydrogen (secondary N) is 4. The van der Waals surface area contributed by atoms with Crippen molar-refractivity contribution in [1.82, 2.24) is 10.6 Å². The van der Waals surface area contributed by atoms with Crippen LogP contribution in [0.5, 0.6) is 0 Å². The average Bonchev–Trinajstić information content (AvgIpc) is 2.31. The molecule has 0 aliphatic heterocycles. The fourth-order valence-electron chi connectivity index (χ4n) is 1.46. The Morgan fingerprint density at radius 3 is 2.56 bits per heavy atom. The smallest absolute Gasteiger partial charge is 0.199 e. The third-order valence-electron chi connectivity index (χ3n) is 2.32. The Balaban J connectivity index is 2.60. The molecule has 1 aromatic carbocycles. The SMILES string of the molecule is C#CCNC(=S)NC(=N)Nc1c(C)cccc1C. The van der Waals surface area contributed by atoms with Crippen LogP contribution in [0.4, 0.5) is 5.69 Å². The van der Waals surface area contributed by atoms with Crippen molar-refractivity contribution in [2.45, 2.75) is 13.8 Å². The highest BCUT2D eigenvalue weighted by atomic mass is 32.1. The Morgan fingerprint density at radius 2 is 2.00 bits per heavy atom. The fourth-order valence-corrected chi connectivity index (χ4v) is 1.63. The number of para-hydroxylation sites is 1. The van der Waals surface area contributed by atoms with Crippen LogP contribution in [-0.4, -0.2) is 17.6 Å². The van der Waals surface area contributed by atoms with Gasteiger partial charge in [0.1, 0.15) is 0 Å². The lowest BCUT2D eigenvalue weighted by atomic mass is 10.1. The molecule has 0 radical (unpaired) electrons. The van der Waals surface area contributed by atoms with E-state index in [-0.39, 0.29) is 5.96 Å². The monoisotopic (exact) mass is 260 g/mol. The maximum absolute atomic E-state index is 7.78. The van der Waals surface area contributed by atoms with Gasteiger partial charge < -0.3 is 16.0 Å². The average molecular weight is 260 g/mol. The van der Waals surface area contributed by atoms with Gasteiger partial charge in [-0.25, -0.2) is 0 Å². The van der Waals surface area contributed by atoms with Crippen LogP contribution in [0.1, 0.15) is 11.1 Å². The highest BCUT2D eigenvalue weighted by molar-refractivity contribution is 7.80. The second-order valence-electron chi connectivity index (χ2n) is 3.78. The molecule has 18 heavy (non-hydrogen) atoms. The van der Waals surface area contributed by atoms with Crippen LogP contribution >= 0.6 is 12.2 Å². The number of hydrogen-bond donors (Lipinski definition) is 4. The van der Waals surface area contributed by atoms with Gasteiger partial charge in [0, 0.05) is 5.69 Å². The van der Waals surface area contributed by atoms with Crippen molar-refractivity contribution < 1.29 is 0 Å². The summed E-state index contributed by atoms with van der Waals surface area (Å²) in [5.41, 5.74) is 3.06. The van der Waals surface area contributed by atoms with Gasteiger partial charge in [-0.05, 0) is 37.2 Å². The molecule has 1 aromatic rings. The fraction of sp³-hybridized carbons (Fsp3) is 0.231. The number of aryl methyl sites for hydroxylation is 2. The lowest BCUT2D eigenvalue weighted by Gasteiger charge is -2.15. The van der Waals surface area contributed by atoms with Crippen LogP contribution in [0.2, 0.25) is 0 Å². The van der Waals surface area contributed by atoms with E-state index in [0.29, 0.717) is 11.7 Å². The maximum atomic E-state index is 7.78. The molecule has 0 spiro atoms. The van der Waals surface area contributed by atoms with E-state index >= 15 is 0 Å². The molecule has 94 valence electrons. The van der Waals surface area contributed by atoms with Gasteiger partial charge in [-0.3, -0.25) is 5.41 Å². The summed E-state index contributed by atoms with van der Waals surface area (Å²) < 4.78 is 0. The van der Waals surface area contributed by atoms with Crippen molar-refractivity contribution in [2.24, 2.45) is 0 Å². The Bertz CT molecular complexity index is 482. The lowest BCUT2D eigenvalue weighted by Crippen LogP contribution is -2.42. The molecule has 0 unspecified atom stereocenters. The first-order chi connectivity index (χ1) is 8.54. The van der Waals surface area contributed by atoms with E-state index in [2.05, 4.69) is 21.9 Å². The number of guanidine groups is 1. The minimum absolute atomic E-state index is 0.113. The summed E-state index contributed by atoms with van der Waals surface area (Å²) in [6.07, 6.45) is 5.10. The number of hydrogen-bond acceptors (Lipinski definition) is 2. The zero-order valence-corrected chi connectivity index (χ0v) is 11.2. The molecule has 0 heterocycles. The number of rotatable bonds is 2. The van der Waals surface area contributed by atoms with Gasteiger partial charge in [-0.1, -0.05) is 24.1 Å². The summed E-state index contributed by atoms with van der Waals surface area (Å²) in [6, 6.07) is 5.95. The van der Waals surface area contributed by atoms with Crippen LogP contribution in [0, 0.1) is 31.6 Å². The molecule has 0 bridgehead atoms. The first kappa shape index (κ1) is 14.0. The van der Waals surface area contributed by atoms with Crippen molar-refractivity contribution in [3.63, 3.8) is 0 Å². The molecule has 0 aliphatic rings. The highest BCUT2D eigenvalue weighted by Gasteiger charge is 2.05. The molecule has 0 fully saturated rings. The van der Waals surface area contributed by atoms with Crippen LogP contribution in [-0.2, 0) is 0 Å². The van der Waals surface area contributed by atoms with Gasteiger partial charge >= 0.3 is 0 Å². The molecule has 4 nitrogen and oxygen atoms in total. The molecule has 4 N–H and O–H groups in total. The van der Waals surface area contributed by atoms with Gasteiger partial charge in [-0.2, -0.15) is 0 Å². The number of terminal acetylenes is 1. The Kier molecular flexibility index (Phi) is 5.15. The molecule has 5 heteroatoms. The molecule has 0 aromatic heterocycles. The van der Waals surface area contributed by atoms with Crippen LogP contribution in [0.25, 0.3) is 0 Å². The predicted octanol–water partition coefficient (Wildman–Crippen LogP) is 1.75. The first-order valence-electron chi connectivity index (χ1n) is 5.44. The summed E-state index contributed by atoms with van der Waals surface area (Å²) in [6.45, 7) is 4.30. The van der Waals surface area contributed by atoms with E-state index in [1.54, 1.807) is 0 Å². The normalized spacial score (nSPS) is 9.17. The topological polar surface area (TPSA) is 59.9 Å². The molecular formula is C13H16N4S. The molecule has 0 amide bonds. The van der Waals surface area contributed by atoms with Gasteiger partial charge in [0.25, 0.3) is 0 Å². The second kappa shape index (κ2) is 6.62. The second-order valence-corrected chi connectivity index (χ2v) is 4.19.